The first kappa shape index (κ1) is 22.8. The lowest BCUT2D eigenvalue weighted by Gasteiger charge is -2.23. The number of nitrogens with one attached hydrogen (secondary N) is 3. The van der Waals surface area contributed by atoms with E-state index >= 15 is 0 Å². The predicted molar refractivity (Wildman–Crippen MR) is 116 cm³/mol. The summed E-state index contributed by atoms with van der Waals surface area (Å²) >= 11 is 0. The normalized spacial score (nSPS) is 14.4. The van der Waals surface area contributed by atoms with Crippen LogP contribution in [-0.2, 0) is 4.79 Å². The zero-order valence-corrected chi connectivity index (χ0v) is 18.1. The summed E-state index contributed by atoms with van der Waals surface area (Å²) in [5, 5.41) is 17.4. The molecule has 9 heteroatoms. The van der Waals surface area contributed by atoms with Crippen LogP contribution in [0.3, 0.4) is 0 Å². The molecule has 2 heterocycles. The van der Waals surface area contributed by atoms with Gasteiger partial charge in [-0.25, -0.2) is 4.68 Å². The van der Waals surface area contributed by atoms with E-state index in [-0.39, 0.29) is 36.2 Å². The van der Waals surface area contributed by atoms with Crippen LogP contribution in [0, 0.1) is 19.8 Å². The zero-order valence-electron chi connectivity index (χ0n) is 17.3. The Morgan fingerprint density at radius 2 is 1.86 bits per heavy atom. The Hall–Kier alpha value is -2.45. The highest BCUT2D eigenvalue weighted by Gasteiger charge is 2.23. The van der Waals surface area contributed by atoms with Gasteiger partial charge in [-0.05, 0) is 57.5 Å². The molecule has 0 unspecified atom stereocenters. The third kappa shape index (κ3) is 5.33. The zero-order chi connectivity index (χ0) is 20.3. The van der Waals surface area contributed by atoms with Gasteiger partial charge in [0, 0.05) is 17.3 Å². The number of nitrogens with zero attached hydrogens (tertiary/aromatic N) is 3. The van der Waals surface area contributed by atoms with Crippen LogP contribution in [0.15, 0.2) is 18.2 Å². The van der Waals surface area contributed by atoms with E-state index in [1.165, 1.54) is 0 Å². The SMILES string of the molecule is Cc1ccc(NC(=O)C(C)C)cc1NC(=O)c1nnn(C2CCNCC2)c1C.Cl. The second-order valence-electron chi connectivity index (χ2n) is 7.58. The van der Waals surface area contributed by atoms with Crippen LogP contribution in [0.4, 0.5) is 11.4 Å². The van der Waals surface area contributed by atoms with Gasteiger partial charge in [-0.2, -0.15) is 0 Å². The smallest absolute Gasteiger partial charge is 0.278 e. The molecule has 1 aromatic carbocycles. The van der Waals surface area contributed by atoms with Crippen LogP contribution in [0.5, 0.6) is 0 Å². The number of aromatic nitrogens is 3. The van der Waals surface area contributed by atoms with Crippen molar-refractivity contribution in [3.63, 3.8) is 0 Å². The largest absolute Gasteiger partial charge is 0.326 e. The Balaban J connectivity index is 0.00000300. The van der Waals surface area contributed by atoms with Crippen LogP contribution in [0.1, 0.15) is 54.5 Å². The Morgan fingerprint density at radius 1 is 1.17 bits per heavy atom. The highest BCUT2D eigenvalue weighted by molar-refractivity contribution is 6.04. The molecule has 1 aliphatic rings. The van der Waals surface area contributed by atoms with Gasteiger partial charge in [-0.3, -0.25) is 9.59 Å². The van der Waals surface area contributed by atoms with Crippen molar-refractivity contribution in [1.29, 1.82) is 0 Å². The van der Waals surface area contributed by atoms with E-state index in [2.05, 4.69) is 26.3 Å². The second-order valence-corrected chi connectivity index (χ2v) is 7.58. The van der Waals surface area contributed by atoms with E-state index in [0.717, 1.165) is 37.2 Å². The fourth-order valence-electron chi connectivity index (χ4n) is 3.25. The summed E-state index contributed by atoms with van der Waals surface area (Å²) in [6, 6.07) is 5.72. The van der Waals surface area contributed by atoms with E-state index in [1.54, 1.807) is 6.07 Å². The summed E-state index contributed by atoms with van der Waals surface area (Å²) in [4.78, 5) is 24.7. The van der Waals surface area contributed by atoms with Gasteiger partial charge < -0.3 is 16.0 Å². The van der Waals surface area contributed by atoms with E-state index < -0.39 is 0 Å². The molecule has 1 fully saturated rings. The Labute approximate surface area is 177 Å². The third-order valence-electron chi connectivity index (χ3n) is 5.07. The number of hydrogen-bond acceptors (Lipinski definition) is 5. The monoisotopic (exact) mass is 420 g/mol. The summed E-state index contributed by atoms with van der Waals surface area (Å²) in [7, 11) is 0. The molecular formula is C20H29ClN6O2. The molecule has 3 rings (SSSR count). The van der Waals surface area contributed by atoms with Gasteiger partial charge in [-0.15, -0.1) is 17.5 Å². The van der Waals surface area contributed by atoms with Gasteiger partial charge >= 0.3 is 0 Å². The number of carbonyl (C=O) groups is 2. The lowest BCUT2D eigenvalue weighted by molar-refractivity contribution is -0.118. The lowest BCUT2D eigenvalue weighted by Crippen LogP contribution is -2.30. The first-order valence-corrected chi connectivity index (χ1v) is 9.72. The van der Waals surface area contributed by atoms with E-state index in [4.69, 9.17) is 0 Å². The number of piperidine rings is 1. The van der Waals surface area contributed by atoms with Gasteiger partial charge in [0.15, 0.2) is 5.69 Å². The van der Waals surface area contributed by atoms with Crippen molar-refractivity contribution >= 4 is 35.6 Å². The molecule has 158 valence electrons. The average molecular weight is 421 g/mol. The number of rotatable bonds is 5. The van der Waals surface area contributed by atoms with Gasteiger partial charge in [0.25, 0.3) is 5.91 Å². The van der Waals surface area contributed by atoms with Crippen LogP contribution >= 0.6 is 12.4 Å². The molecule has 3 N–H and O–H groups in total. The second kappa shape index (κ2) is 9.84. The van der Waals surface area contributed by atoms with Crippen LogP contribution < -0.4 is 16.0 Å². The number of aryl methyl sites for hydroxylation is 1. The average Bonchev–Trinajstić information content (AvgIpc) is 3.06. The minimum atomic E-state index is -0.298. The minimum absolute atomic E-state index is 0. The van der Waals surface area contributed by atoms with Crippen LogP contribution in [-0.4, -0.2) is 39.9 Å². The number of carbonyl (C=O) groups excluding carboxylic acids is 2. The minimum Gasteiger partial charge on any atom is -0.326 e. The quantitative estimate of drug-likeness (QED) is 0.690. The van der Waals surface area contributed by atoms with E-state index in [1.807, 2.05) is 44.5 Å². The summed E-state index contributed by atoms with van der Waals surface area (Å²) < 4.78 is 1.86. The van der Waals surface area contributed by atoms with E-state index in [0.29, 0.717) is 17.1 Å². The van der Waals surface area contributed by atoms with Gasteiger partial charge in [-0.1, -0.05) is 25.1 Å². The van der Waals surface area contributed by atoms with Gasteiger partial charge in [0.2, 0.25) is 5.91 Å². The van der Waals surface area contributed by atoms with Crippen molar-refractivity contribution in [2.75, 3.05) is 23.7 Å². The molecule has 0 bridgehead atoms. The summed E-state index contributed by atoms with van der Waals surface area (Å²) in [5.41, 5.74) is 3.29. The Kier molecular flexibility index (Phi) is 7.75. The first-order chi connectivity index (χ1) is 13.4. The van der Waals surface area contributed by atoms with Crippen LogP contribution in [0.25, 0.3) is 0 Å². The molecule has 0 saturated carbocycles. The molecule has 0 atom stereocenters. The maximum Gasteiger partial charge on any atom is 0.278 e. The number of amides is 2. The fraction of sp³-hybridized carbons (Fsp3) is 0.500. The van der Waals surface area contributed by atoms with Gasteiger partial charge in [0.1, 0.15) is 0 Å². The molecule has 0 aliphatic carbocycles. The van der Waals surface area contributed by atoms with Crippen molar-refractivity contribution in [2.45, 2.75) is 46.6 Å². The molecule has 0 spiro atoms. The molecule has 1 saturated heterocycles. The van der Waals surface area contributed by atoms with E-state index in [9.17, 15) is 9.59 Å². The molecule has 1 aromatic heterocycles. The van der Waals surface area contributed by atoms with Crippen molar-refractivity contribution in [3.05, 3.63) is 35.2 Å². The maximum absolute atomic E-state index is 12.8. The third-order valence-corrected chi connectivity index (χ3v) is 5.07. The van der Waals surface area contributed by atoms with Gasteiger partial charge in [0.05, 0.1) is 11.7 Å². The molecule has 2 amide bonds. The highest BCUT2D eigenvalue weighted by atomic mass is 35.5. The molecule has 0 radical (unpaired) electrons. The fourth-order valence-corrected chi connectivity index (χ4v) is 3.25. The van der Waals surface area contributed by atoms with Crippen molar-refractivity contribution < 1.29 is 9.59 Å². The first-order valence-electron chi connectivity index (χ1n) is 9.72. The van der Waals surface area contributed by atoms with Crippen LogP contribution in [0.2, 0.25) is 0 Å². The predicted octanol–water partition coefficient (Wildman–Crippen LogP) is 3.09. The number of halogens is 1. The molecule has 2 aromatic rings. The molecular weight excluding hydrogens is 392 g/mol. The lowest BCUT2D eigenvalue weighted by atomic mass is 10.1. The Morgan fingerprint density at radius 3 is 2.52 bits per heavy atom. The maximum atomic E-state index is 12.8. The summed E-state index contributed by atoms with van der Waals surface area (Å²) in [6.07, 6.45) is 1.95. The van der Waals surface area contributed by atoms with Crippen molar-refractivity contribution in [3.8, 4) is 0 Å². The Bertz CT molecular complexity index is 874. The molecule has 1 aliphatic heterocycles. The number of hydrogen-bond donors (Lipinski definition) is 3. The summed E-state index contributed by atoms with van der Waals surface area (Å²) in [5.74, 6) is -0.484. The summed E-state index contributed by atoms with van der Waals surface area (Å²) in [6.45, 7) is 9.34. The molecule has 8 nitrogen and oxygen atoms in total. The topological polar surface area (TPSA) is 101 Å². The highest BCUT2D eigenvalue weighted by Crippen LogP contribution is 2.23. The molecule has 29 heavy (non-hydrogen) atoms. The number of anilines is 2. The standard InChI is InChI=1S/C20H28N6O2.ClH/c1-12(2)19(27)22-15-6-5-13(3)17(11-15)23-20(28)18-14(4)26(25-24-18)16-7-9-21-10-8-16;/h5-6,11-12,16,21H,7-10H2,1-4H3,(H,22,27)(H,23,28);1H. The number of benzene rings is 1. The van der Waals surface area contributed by atoms with Crippen molar-refractivity contribution in [2.24, 2.45) is 5.92 Å². The van der Waals surface area contributed by atoms with Crippen molar-refractivity contribution in [1.82, 2.24) is 20.3 Å².